The second-order valence-electron chi connectivity index (χ2n) is 9.09. The summed E-state index contributed by atoms with van der Waals surface area (Å²) in [6.45, 7) is 3.82. The van der Waals surface area contributed by atoms with Crippen molar-refractivity contribution in [2.24, 2.45) is 0 Å². The smallest absolute Gasteiger partial charge is 0.337 e. The third kappa shape index (κ3) is 6.90. The van der Waals surface area contributed by atoms with Crippen molar-refractivity contribution < 1.29 is 28.5 Å². The van der Waals surface area contributed by atoms with E-state index < -0.39 is 0 Å². The fourth-order valence-electron chi connectivity index (χ4n) is 4.45. The molecule has 8 nitrogen and oxygen atoms in total. The monoisotopic (exact) mass is 518 g/mol. The van der Waals surface area contributed by atoms with Gasteiger partial charge < -0.3 is 23.8 Å². The van der Waals surface area contributed by atoms with Crippen molar-refractivity contribution in [3.05, 3.63) is 95.1 Å². The van der Waals surface area contributed by atoms with Gasteiger partial charge in [0.1, 0.15) is 11.5 Å². The predicted molar refractivity (Wildman–Crippen MR) is 144 cm³/mol. The van der Waals surface area contributed by atoms with Crippen molar-refractivity contribution in [1.82, 2.24) is 9.80 Å². The number of carbonyl (C=O) groups excluding carboxylic acids is 2. The van der Waals surface area contributed by atoms with Crippen molar-refractivity contribution in [3.63, 3.8) is 0 Å². The number of hydrogen-bond donors (Lipinski definition) is 0. The second-order valence-corrected chi connectivity index (χ2v) is 9.09. The maximum Gasteiger partial charge on any atom is 0.337 e. The average molecular weight is 519 g/mol. The molecule has 0 bridgehead atoms. The van der Waals surface area contributed by atoms with E-state index in [9.17, 15) is 9.59 Å². The lowest BCUT2D eigenvalue weighted by Gasteiger charge is -2.36. The lowest BCUT2D eigenvalue weighted by molar-refractivity contribution is 0.00331. The van der Waals surface area contributed by atoms with Gasteiger partial charge in [0, 0.05) is 38.3 Å². The van der Waals surface area contributed by atoms with Crippen LogP contribution in [0.4, 0.5) is 0 Å². The molecule has 0 saturated carbocycles. The quantitative estimate of drug-likeness (QED) is 0.372. The van der Waals surface area contributed by atoms with Crippen LogP contribution in [-0.2, 0) is 16.1 Å². The first-order valence-electron chi connectivity index (χ1n) is 12.6. The molecule has 4 rings (SSSR count). The summed E-state index contributed by atoms with van der Waals surface area (Å²) >= 11 is 0. The van der Waals surface area contributed by atoms with Crippen molar-refractivity contribution in [1.29, 1.82) is 0 Å². The van der Waals surface area contributed by atoms with Gasteiger partial charge in [0.2, 0.25) is 0 Å². The fraction of sp³-hybridized carbons (Fsp3) is 0.333. The Morgan fingerprint density at radius 2 is 1.45 bits per heavy atom. The summed E-state index contributed by atoms with van der Waals surface area (Å²) in [6, 6.07) is 22.4. The second kappa shape index (κ2) is 13.1. The molecule has 38 heavy (non-hydrogen) atoms. The van der Waals surface area contributed by atoms with E-state index in [0.717, 1.165) is 30.0 Å². The topological polar surface area (TPSA) is 77.5 Å². The Hall–Kier alpha value is -3.88. The maximum absolute atomic E-state index is 13.0. The van der Waals surface area contributed by atoms with E-state index in [4.69, 9.17) is 18.9 Å². The first kappa shape index (κ1) is 27.2. The van der Waals surface area contributed by atoms with Crippen LogP contribution in [0.25, 0.3) is 0 Å². The molecule has 3 aromatic rings. The average Bonchev–Trinajstić information content (AvgIpc) is 2.99. The maximum atomic E-state index is 13.0. The van der Waals surface area contributed by atoms with Crippen molar-refractivity contribution in [2.75, 3.05) is 54.1 Å². The van der Waals surface area contributed by atoms with Crippen LogP contribution in [0.2, 0.25) is 0 Å². The number of nitrogens with zero attached hydrogens (tertiary/aromatic N) is 2. The number of hydrogen-bond acceptors (Lipinski definition) is 7. The van der Waals surface area contributed by atoms with Gasteiger partial charge in [-0.3, -0.25) is 9.69 Å². The zero-order valence-corrected chi connectivity index (χ0v) is 22.1. The first-order chi connectivity index (χ1) is 18.5. The number of methoxy groups -OCH3 is 3. The highest BCUT2D eigenvalue weighted by Gasteiger charge is 2.25. The zero-order chi connectivity index (χ0) is 26.9. The third-order valence-electron chi connectivity index (χ3n) is 6.69. The van der Waals surface area contributed by atoms with Crippen LogP contribution < -0.4 is 9.47 Å². The van der Waals surface area contributed by atoms with Gasteiger partial charge in [0.15, 0.2) is 0 Å². The number of esters is 1. The van der Waals surface area contributed by atoms with E-state index in [0.29, 0.717) is 43.1 Å². The van der Waals surface area contributed by atoms with Gasteiger partial charge in [-0.05, 0) is 53.6 Å². The molecule has 0 aromatic heterocycles. The zero-order valence-electron chi connectivity index (χ0n) is 22.1. The van der Waals surface area contributed by atoms with Crippen LogP contribution in [-0.4, -0.2) is 75.7 Å². The van der Waals surface area contributed by atoms with Gasteiger partial charge in [-0.25, -0.2) is 4.79 Å². The van der Waals surface area contributed by atoms with Crippen molar-refractivity contribution in [2.45, 2.75) is 12.7 Å². The molecule has 1 atom stereocenters. The molecule has 3 aromatic carbocycles. The Kier molecular flexibility index (Phi) is 9.35. The number of carbonyl (C=O) groups is 2. The molecule has 1 heterocycles. The SMILES string of the molecule is COC(=O)c1ccc(CO[C@@H](CN2CCN(C(=O)c3cccc(OC)c3)CC2)c2cccc(OC)c2)cc1. The van der Waals surface area contributed by atoms with Gasteiger partial charge in [-0.15, -0.1) is 0 Å². The lowest BCUT2D eigenvalue weighted by Crippen LogP contribution is -2.49. The minimum Gasteiger partial charge on any atom is -0.497 e. The van der Waals surface area contributed by atoms with Crippen molar-refractivity contribution >= 4 is 11.9 Å². The molecule has 0 unspecified atom stereocenters. The molecule has 1 aliphatic heterocycles. The summed E-state index contributed by atoms with van der Waals surface area (Å²) in [7, 11) is 4.61. The van der Waals surface area contributed by atoms with Crippen LogP contribution in [0, 0.1) is 0 Å². The van der Waals surface area contributed by atoms with Crippen LogP contribution in [0.3, 0.4) is 0 Å². The standard InChI is InChI=1S/C30H34N2O6/c1-35-26-8-4-6-24(18-26)28(38-21-22-10-12-23(13-11-22)30(34)37-3)20-31-14-16-32(17-15-31)29(33)25-7-5-9-27(19-25)36-2/h4-13,18-19,28H,14-17,20-21H2,1-3H3/t28-/m0/s1. The lowest BCUT2D eigenvalue weighted by atomic mass is 10.1. The summed E-state index contributed by atoms with van der Waals surface area (Å²) in [6.07, 6.45) is -0.203. The van der Waals surface area contributed by atoms with E-state index >= 15 is 0 Å². The number of ether oxygens (including phenoxy) is 4. The van der Waals surface area contributed by atoms with Gasteiger partial charge in [-0.1, -0.05) is 30.3 Å². The molecular formula is C30H34N2O6. The highest BCUT2D eigenvalue weighted by Crippen LogP contribution is 2.25. The van der Waals surface area contributed by atoms with Gasteiger partial charge in [-0.2, -0.15) is 0 Å². The Labute approximate surface area is 223 Å². The van der Waals surface area contributed by atoms with Crippen LogP contribution in [0.15, 0.2) is 72.8 Å². The normalized spacial score (nSPS) is 14.6. The van der Waals surface area contributed by atoms with Crippen molar-refractivity contribution in [3.8, 4) is 11.5 Å². The minimum absolute atomic E-state index is 0.0135. The Morgan fingerprint density at radius 3 is 2.11 bits per heavy atom. The molecule has 0 spiro atoms. The molecule has 1 fully saturated rings. The van der Waals surface area contributed by atoms with Gasteiger partial charge >= 0.3 is 5.97 Å². The van der Waals surface area contributed by atoms with Crippen LogP contribution >= 0.6 is 0 Å². The highest BCUT2D eigenvalue weighted by atomic mass is 16.5. The third-order valence-corrected chi connectivity index (χ3v) is 6.69. The highest BCUT2D eigenvalue weighted by molar-refractivity contribution is 5.94. The molecule has 1 aliphatic rings. The summed E-state index contributed by atoms with van der Waals surface area (Å²) in [4.78, 5) is 29.0. The number of rotatable bonds is 10. The summed E-state index contributed by atoms with van der Waals surface area (Å²) in [5.41, 5.74) is 3.11. The minimum atomic E-state index is -0.365. The van der Waals surface area contributed by atoms with E-state index in [-0.39, 0.29) is 18.0 Å². The number of amides is 1. The van der Waals surface area contributed by atoms with E-state index in [2.05, 4.69) is 4.90 Å². The molecule has 8 heteroatoms. The molecular weight excluding hydrogens is 484 g/mol. The first-order valence-corrected chi connectivity index (χ1v) is 12.6. The molecule has 200 valence electrons. The Bertz CT molecular complexity index is 1220. The Morgan fingerprint density at radius 1 is 0.789 bits per heavy atom. The van der Waals surface area contributed by atoms with Crippen LogP contribution in [0.5, 0.6) is 11.5 Å². The van der Waals surface area contributed by atoms with Gasteiger partial charge in [0.25, 0.3) is 5.91 Å². The predicted octanol–water partition coefficient (Wildman–Crippen LogP) is 4.21. The molecule has 0 N–H and O–H groups in total. The largest absolute Gasteiger partial charge is 0.497 e. The van der Waals surface area contributed by atoms with E-state index in [1.165, 1.54) is 7.11 Å². The van der Waals surface area contributed by atoms with E-state index in [1.807, 2.05) is 59.5 Å². The summed E-state index contributed by atoms with van der Waals surface area (Å²) in [5.74, 6) is 1.09. The number of benzene rings is 3. The van der Waals surface area contributed by atoms with Crippen LogP contribution in [0.1, 0.15) is 37.9 Å². The fourth-order valence-corrected chi connectivity index (χ4v) is 4.45. The summed E-state index contributed by atoms with van der Waals surface area (Å²) < 4.78 is 21.9. The number of piperazine rings is 1. The van der Waals surface area contributed by atoms with Gasteiger partial charge in [0.05, 0.1) is 39.6 Å². The molecule has 0 radical (unpaired) electrons. The Balaban J connectivity index is 1.40. The van der Waals surface area contributed by atoms with E-state index in [1.54, 1.807) is 32.4 Å². The summed E-state index contributed by atoms with van der Waals surface area (Å²) in [5, 5.41) is 0. The molecule has 0 aliphatic carbocycles. The molecule has 1 amide bonds. The molecule has 1 saturated heterocycles.